The Bertz CT molecular complexity index is 192. The lowest BCUT2D eigenvalue weighted by atomic mass is 10.5. The maximum Gasteiger partial charge on any atom is 0.323 e. The van der Waals surface area contributed by atoms with Crippen LogP contribution >= 0.6 is 0 Å². The Labute approximate surface area is 58.4 Å². The first-order chi connectivity index (χ1) is 4.57. The molecule has 1 amide bonds. The van der Waals surface area contributed by atoms with Crippen molar-refractivity contribution in [3.63, 3.8) is 0 Å². The molecule has 0 aromatic heterocycles. The van der Waals surface area contributed by atoms with Crippen molar-refractivity contribution in [3.8, 4) is 12.3 Å². The molecule has 0 aliphatic heterocycles. The Balaban J connectivity index is 3.88. The van der Waals surface area contributed by atoms with Gasteiger partial charge in [0.2, 0.25) is 0 Å². The summed E-state index contributed by atoms with van der Waals surface area (Å²) in [6.45, 7) is -0.358. The zero-order valence-corrected chi connectivity index (χ0v) is 5.50. The fourth-order valence-corrected chi connectivity index (χ4v) is 0.385. The monoisotopic (exact) mass is 141 g/mol. The van der Waals surface area contributed by atoms with E-state index in [1.165, 1.54) is 7.05 Å². The van der Waals surface area contributed by atoms with Crippen LogP contribution in [0.5, 0.6) is 0 Å². The molecule has 4 heteroatoms. The number of carbonyl (C=O) groups excluding carboxylic acids is 1. The molecule has 4 nitrogen and oxygen atoms in total. The molecule has 0 fully saturated rings. The van der Waals surface area contributed by atoms with Crippen molar-refractivity contribution >= 4 is 11.9 Å². The van der Waals surface area contributed by atoms with Gasteiger partial charge in [0, 0.05) is 7.05 Å². The number of nitrogens with zero attached hydrogens (tertiary/aromatic N) is 1. The number of aliphatic carboxylic acids is 1. The van der Waals surface area contributed by atoms with Gasteiger partial charge in [0.05, 0.1) is 0 Å². The number of hydrogen-bond donors (Lipinski definition) is 1. The third-order valence-corrected chi connectivity index (χ3v) is 0.843. The summed E-state index contributed by atoms with van der Waals surface area (Å²) in [4.78, 5) is 21.4. The molecule has 0 rings (SSSR count). The number of rotatable bonds is 2. The van der Waals surface area contributed by atoms with Gasteiger partial charge in [-0.05, 0) is 5.92 Å². The van der Waals surface area contributed by atoms with Gasteiger partial charge in [-0.2, -0.15) is 0 Å². The van der Waals surface area contributed by atoms with Crippen molar-refractivity contribution in [3.05, 3.63) is 0 Å². The van der Waals surface area contributed by atoms with E-state index < -0.39 is 11.9 Å². The molecular weight excluding hydrogens is 134 g/mol. The maximum absolute atomic E-state index is 10.5. The van der Waals surface area contributed by atoms with E-state index in [1.807, 2.05) is 0 Å². The van der Waals surface area contributed by atoms with Crippen molar-refractivity contribution in [2.45, 2.75) is 0 Å². The zero-order valence-electron chi connectivity index (χ0n) is 5.50. The summed E-state index contributed by atoms with van der Waals surface area (Å²) in [7, 11) is 1.33. The minimum Gasteiger partial charge on any atom is -0.480 e. The minimum absolute atomic E-state index is 0.358. The normalized spacial score (nSPS) is 8.00. The SMILES string of the molecule is C#CC(=O)N(C)CC(=O)O. The first kappa shape index (κ1) is 8.50. The van der Waals surface area contributed by atoms with E-state index >= 15 is 0 Å². The van der Waals surface area contributed by atoms with Crippen LogP contribution in [0.4, 0.5) is 0 Å². The van der Waals surface area contributed by atoms with Crippen LogP contribution in [0.2, 0.25) is 0 Å². The molecular formula is C6H7NO3. The maximum atomic E-state index is 10.5. The average molecular weight is 141 g/mol. The van der Waals surface area contributed by atoms with Crippen molar-refractivity contribution < 1.29 is 14.7 Å². The van der Waals surface area contributed by atoms with Gasteiger partial charge in [-0.15, -0.1) is 6.42 Å². The van der Waals surface area contributed by atoms with Gasteiger partial charge in [-0.1, -0.05) is 0 Å². The van der Waals surface area contributed by atoms with Gasteiger partial charge in [-0.25, -0.2) is 0 Å². The lowest BCUT2D eigenvalue weighted by molar-refractivity contribution is -0.141. The molecule has 0 bridgehead atoms. The molecule has 1 N–H and O–H groups in total. The van der Waals surface area contributed by atoms with E-state index in [4.69, 9.17) is 11.5 Å². The number of hydrogen-bond acceptors (Lipinski definition) is 2. The molecule has 0 atom stereocenters. The number of carboxylic acids is 1. The van der Waals surface area contributed by atoms with Crippen molar-refractivity contribution in [1.82, 2.24) is 4.90 Å². The second-order valence-electron chi connectivity index (χ2n) is 1.70. The fraction of sp³-hybridized carbons (Fsp3) is 0.333. The predicted octanol–water partition coefficient (Wildman–Crippen LogP) is -0.837. The summed E-state index contributed by atoms with van der Waals surface area (Å²) < 4.78 is 0. The molecule has 54 valence electrons. The Morgan fingerprint density at radius 1 is 1.70 bits per heavy atom. The third-order valence-electron chi connectivity index (χ3n) is 0.843. The predicted molar refractivity (Wildman–Crippen MR) is 34.1 cm³/mol. The average Bonchev–Trinajstić information content (AvgIpc) is 1.85. The molecule has 0 aromatic rings. The van der Waals surface area contributed by atoms with E-state index in [1.54, 1.807) is 5.92 Å². The topological polar surface area (TPSA) is 57.6 Å². The first-order valence-corrected chi connectivity index (χ1v) is 2.51. The number of terminal acetylenes is 1. The summed E-state index contributed by atoms with van der Waals surface area (Å²) in [5, 5.41) is 8.17. The lowest BCUT2D eigenvalue weighted by Gasteiger charge is -2.08. The van der Waals surface area contributed by atoms with Crippen molar-refractivity contribution in [2.24, 2.45) is 0 Å². The van der Waals surface area contributed by atoms with E-state index in [0.29, 0.717) is 0 Å². The molecule has 0 aliphatic carbocycles. The smallest absolute Gasteiger partial charge is 0.323 e. The second-order valence-corrected chi connectivity index (χ2v) is 1.70. The molecule has 0 spiro atoms. The van der Waals surface area contributed by atoms with Gasteiger partial charge in [-0.3, -0.25) is 9.59 Å². The Kier molecular flexibility index (Phi) is 2.98. The van der Waals surface area contributed by atoms with Gasteiger partial charge in [0.1, 0.15) is 6.54 Å². The van der Waals surface area contributed by atoms with Crippen molar-refractivity contribution in [2.75, 3.05) is 13.6 Å². The van der Waals surface area contributed by atoms with E-state index in [0.717, 1.165) is 4.90 Å². The highest BCUT2D eigenvalue weighted by atomic mass is 16.4. The van der Waals surface area contributed by atoms with Crippen LogP contribution in [-0.4, -0.2) is 35.5 Å². The first-order valence-electron chi connectivity index (χ1n) is 2.51. The Hall–Kier alpha value is -1.50. The molecule has 0 aliphatic rings. The van der Waals surface area contributed by atoms with Gasteiger partial charge in [0.15, 0.2) is 0 Å². The van der Waals surface area contributed by atoms with Gasteiger partial charge >= 0.3 is 5.97 Å². The molecule has 0 saturated heterocycles. The third kappa shape index (κ3) is 2.72. The number of likely N-dealkylation sites (N-methyl/N-ethyl adjacent to an activating group) is 1. The molecule has 10 heavy (non-hydrogen) atoms. The Morgan fingerprint density at radius 3 is 2.50 bits per heavy atom. The highest BCUT2D eigenvalue weighted by Crippen LogP contribution is 1.81. The van der Waals surface area contributed by atoms with Crippen LogP contribution in [-0.2, 0) is 9.59 Å². The summed E-state index contributed by atoms with van der Waals surface area (Å²) in [5.41, 5.74) is 0. The van der Waals surface area contributed by atoms with Crippen molar-refractivity contribution in [1.29, 1.82) is 0 Å². The number of amides is 1. The molecule has 0 radical (unpaired) electrons. The van der Waals surface area contributed by atoms with E-state index in [2.05, 4.69) is 0 Å². The standard InChI is InChI=1S/C6H7NO3/c1-3-5(8)7(2)4-6(9)10/h1H,4H2,2H3,(H,9,10). The summed E-state index contributed by atoms with van der Waals surface area (Å²) in [5.74, 6) is 0.0933. The van der Waals surface area contributed by atoms with Crippen LogP contribution in [0, 0.1) is 12.3 Å². The highest BCUT2D eigenvalue weighted by molar-refractivity contribution is 5.94. The zero-order chi connectivity index (χ0) is 8.15. The summed E-state index contributed by atoms with van der Waals surface area (Å²) in [6.07, 6.45) is 4.71. The fourth-order valence-electron chi connectivity index (χ4n) is 0.385. The van der Waals surface area contributed by atoms with Crippen LogP contribution in [0.3, 0.4) is 0 Å². The molecule has 0 heterocycles. The van der Waals surface area contributed by atoms with E-state index in [-0.39, 0.29) is 6.54 Å². The molecule has 0 unspecified atom stereocenters. The molecule has 0 saturated carbocycles. The quantitative estimate of drug-likeness (QED) is 0.510. The minimum atomic E-state index is -1.08. The summed E-state index contributed by atoms with van der Waals surface area (Å²) in [6, 6.07) is 0. The number of carboxylic acid groups (broad SMARTS) is 1. The van der Waals surface area contributed by atoms with Gasteiger partial charge < -0.3 is 10.0 Å². The Morgan fingerprint density at radius 2 is 2.20 bits per heavy atom. The van der Waals surface area contributed by atoms with Crippen LogP contribution in [0.1, 0.15) is 0 Å². The van der Waals surface area contributed by atoms with Crippen LogP contribution in [0.15, 0.2) is 0 Å². The van der Waals surface area contributed by atoms with Gasteiger partial charge in [0.25, 0.3) is 5.91 Å². The van der Waals surface area contributed by atoms with E-state index in [9.17, 15) is 9.59 Å². The largest absolute Gasteiger partial charge is 0.480 e. The van der Waals surface area contributed by atoms with Crippen LogP contribution < -0.4 is 0 Å². The number of carbonyl (C=O) groups is 2. The second kappa shape index (κ2) is 3.51. The van der Waals surface area contributed by atoms with Crippen LogP contribution in [0.25, 0.3) is 0 Å². The molecule has 0 aromatic carbocycles. The lowest BCUT2D eigenvalue weighted by Crippen LogP contribution is -2.30. The highest BCUT2D eigenvalue weighted by Gasteiger charge is 2.07. The summed E-state index contributed by atoms with van der Waals surface area (Å²) >= 11 is 0.